The van der Waals surface area contributed by atoms with Crippen LogP contribution < -0.4 is 9.47 Å². The van der Waals surface area contributed by atoms with Crippen LogP contribution in [0.4, 0.5) is 0 Å². The van der Waals surface area contributed by atoms with Gasteiger partial charge >= 0.3 is 17.7 Å². The van der Waals surface area contributed by atoms with Gasteiger partial charge in [-0.05, 0) is 197 Å². The zero-order valence-corrected chi connectivity index (χ0v) is 42.2. The van der Waals surface area contributed by atoms with Gasteiger partial charge in [0.05, 0.1) is 10.8 Å². The summed E-state index contributed by atoms with van der Waals surface area (Å²) in [4.78, 5) is 55.2. The van der Waals surface area contributed by atoms with Crippen molar-refractivity contribution in [3.8, 4) is 11.5 Å². The minimum Gasteiger partial charge on any atom is -0.481 e. The van der Waals surface area contributed by atoms with E-state index in [0.29, 0.717) is 48.1 Å². The quantitative estimate of drug-likeness (QED) is 0.264. The normalized spacial score (nSPS) is 50.0. The molecule has 1 heterocycles. The molecule has 0 amide bonds. The number of carboxylic acid groups (broad SMARTS) is 2. The lowest BCUT2D eigenvalue weighted by molar-refractivity contribution is -0.231. The number of hydrogen-bond donors (Lipinski definition) is 3. The molecule has 0 aromatic heterocycles. The first-order valence-electron chi connectivity index (χ1n) is 25.6. The molecule has 14 atom stereocenters. The number of carbonyl (C=O) groups excluding carboxylic acids is 2. The van der Waals surface area contributed by atoms with Crippen LogP contribution in [0.15, 0.2) is 52.7 Å². The van der Waals surface area contributed by atoms with Gasteiger partial charge in [-0.1, -0.05) is 73.1 Å². The fourth-order valence-corrected chi connectivity index (χ4v) is 18.4. The highest BCUT2D eigenvalue weighted by molar-refractivity contribution is 6.10. The van der Waals surface area contributed by atoms with Gasteiger partial charge in [-0.25, -0.2) is 0 Å². The maximum Gasteiger partial charge on any atom is 0.317 e. The van der Waals surface area contributed by atoms with Crippen LogP contribution in [0.1, 0.15) is 188 Å². The summed E-state index contributed by atoms with van der Waals surface area (Å²) in [5.41, 5.74) is 0.664. The molecule has 1 aromatic rings. The Morgan fingerprint density at radius 2 is 1.10 bits per heavy atom. The van der Waals surface area contributed by atoms with Crippen molar-refractivity contribution < 1.29 is 44.0 Å². The van der Waals surface area contributed by atoms with Crippen LogP contribution in [0.25, 0.3) is 0 Å². The van der Waals surface area contributed by atoms with Gasteiger partial charge in [-0.15, -0.1) is 0 Å². The average Bonchev–Trinajstić information content (AvgIpc) is 3.25. The molecule has 6 fully saturated rings. The SMILES string of the molecule is Cc1c2c(cc3c1C(=O)C=C1[C@@]3(C)CC[C@@]3(C)[C@H]4C[C@](C)(C(=O)O)CC[C@]4(C)CC[C@]13C)O[C@]1(O)C(=O)C=C3C(=CC=C4[C@@]3(C)CC[C@@]3(C)[C@@H]5C[C@](C)(C(=O)O)CC[C@]5(C)CC[C@]43C)[C@]1(C)O2. The molecule has 9 heteroatoms. The van der Waals surface area contributed by atoms with E-state index in [0.717, 1.165) is 80.9 Å². The van der Waals surface area contributed by atoms with Crippen molar-refractivity contribution in [3.05, 3.63) is 69.4 Å². The largest absolute Gasteiger partial charge is 0.481 e. The second kappa shape index (κ2) is 12.9. The third-order valence-corrected chi connectivity index (χ3v) is 23.9. The molecule has 3 N–H and O–H groups in total. The zero-order chi connectivity index (χ0) is 48.5. The summed E-state index contributed by atoms with van der Waals surface area (Å²) >= 11 is 0. The van der Waals surface area contributed by atoms with E-state index in [2.05, 4.69) is 61.5 Å². The van der Waals surface area contributed by atoms with Gasteiger partial charge in [-0.2, -0.15) is 0 Å². The summed E-state index contributed by atoms with van der Waals surface area (Å²) < 4.78 is 13.8. The standard InChI is InChI=1S/C58H74O9/c1-32-43-35(52(7)22-26-56(11)41-31-50(5,46(63)64)18-16-48(41,3)20-24-54(56,9)39(52)29-36(43)59)27-37-44(32)67-57(12)33-13-14-38-51(6,34(33)28-42(60)58(57,65)66-37)21-25-55(10)40-30-49(4,45(61)62)17-15-47(40,2)19-23-53(38,55)8/h13-14,27-29,40-41,65H,15-26,30-31H2,1-12H3,(H,61,62)(H,63,64)/t40-,41+,47-,48-,49-,50-,51+,52+,53-,54-,55+,56+,57+,58-/m1/s1. The summed E-state index contributed by atoms with van der Waals surface area (Å²) in [6.45, 7) is 26.2. The lowest BCUT2D eigenvalue weighted by atomic mass is 9.34. The van der Waals surface area contributed by atoms with Gasteiger partial charge in [0.2, 0.25) is 11.4 Å². The Kier molecular flexibility index (Phi) is 8.72. The van der Waals surface area contributed by atoms with E-state index in [1.165, 1.54) is 5.57 Å². The van der Waals surface area contributed by atoms with Gasteiger partial charge < -0.3 is 24.8 Å². The second-order valence-electron chi connectivity index (χ2n) is 26.9. The summed E-state index contributed by atoms with van der Waals surface area (Å²) in [5, 5.41) is 33.7. The highest BCUT2D eigenvalue weighted by atomic mass is 16.7. The van der Waals surface area contributed by atoms with Gasteiger partial charge in [-0.3, -0.25) is 19.2 Å². The topological polar surface area (TPSA) is 147 Å². The summed E-state index contributed by atoms with van der Waals surface area (Å²) in [6.07, 6.45) is 19.3. The number of ketones is 2. The Hall–Kier alpha value is -3.98. The van der Waals surface area contributed by atoms with Crippen molar-refractivity contribution in [3.63, 3.8) is 0 Å². The zero-order valence-electron chi connectivity index (χ0n) is 42.2. The number of allylic oxidation sites excluding steroid dienone is 5. The number of benzene rings is 1. The molecule has 9 aliphatic carbocycles. The van der Waals surface area contributed by atoms with E-state index in [1.54, 1.807) is 13.0 Å². The molecule has 1 aliphatic heterocycles. The van der Waals surface area contributed by atoms with Gasteiger partial charge in [0, 0.05) is 27.5 Å². The first-order valence-corrected chi connectivity index (χ1v) is 25.6. The molecule has 0 bridgehead atoms. The number of ether oxygens (including phenoxy) is 2. The monoisotopic (exact) mass is 915 g/mol. The van der Waals surface area contributed by atoms with E-state index in [-0.39, 0.29) is 55.9 Å². The Morgan fingerprint density at radius 1 is 0.597 bits per heavy atom. The fourth-order valence-electron chi connectivity index (χ4n) is 18.4. The van der Waals surface area contributed by atoms with Crippen LogP contribution >= 0.6 is 0 Å². The number of fused-ring (bicyclic) bond motifs is 17. The smallest absolute Gasteiger partial charge is 0.317 e. The fraction of sp³-hybridized carbons (Fsp3) is 0.690. The molecule has 0 spiro atoms. The van der Waals surface area contributed by atoms with Gasteiger partial charge in [0.1, 0.15) is 0 Å². The number of hydrogen-bond acceptors (Lipinski definition) is 7. The molecule has 1 aromatic carbocycles. The number of carbonyl (C=O) groups is 4. The van der Waals surface area contributed by atoms with Crippen molar-refractivity contribution in [2.24, 2.45) is 60.6 Å². The number of rotatable bonds is 2. The molecule has 67 heavy (non-hydrogen) atoms. The highest BCUT2D eigenvalue weighted by Gasteiger charge is 2.72. The van der Waals surface area contributed by atoms with Crippen LogP contribution in [-0.4, -0.2) is 50.2 Å². The third-order valence-electron chi connectivity index (χ3n) is 23.9. The summed E-state index contributed by atoms with van der Waals surface area (Å²) in [7, 11) is 0. The number of carboxylic acids is 2. The molecular weight excluding hydrogens is 841 g/mol. The van der Waals surface area contributed by atoms with Crippen LogP contribution in [-0.2, 0) is 19.8 Å². The van der Waals surface area contributed by atoms with Gasteiger partial charge in [0.25, 0.3) is 0 Å². The highest BCUT2D eigenvalue weighted by Crippen LogP contribution is 2.78. The second-order valence-corrected chi connectivity index (χ2v) is 26.9. The Morgan fingerprint density at radius 3 is 1.64 bits per heavy atom. The molecule has 0 unspecified atom stereocenters. The van der Waals surface area contributed by atoms with Crippen molar-refractivity contribution in [1.29, 1.82) is 0 Å². The summed E-state index contributed by atoms with van der Waals surface area (Å²) in [5.74, 6) is -3.46. The van der Waals surface area contributed by atoms with Crippen molar-refractivity contribution >= 4 is 23.5 Å². The number of aliphatic carboxylic acids is 2. The summed E-state index contributed by atoms with van der Waals surface area (Å²) in [6, 6.07) is 1.88. The number of aliphatic hydroxyl groups is 1. The van der Waals surface area contributed by atoms with E-state index in [9.17, 15) is 34.5 Å². The average molecular weight is 915 g/mol. The van der Waals surface area contributed by atoms with Crippen LogP contribution in [0.5, 0.6) is 11.5 Å². The van der Waals surface area contributed by atoms with Crippen LogP contribution in [0.2, 0.25) is 0 Å². The lowest BCUT2D eigenvalue weighted by Gasteiger charge is -2.70. The van der Waals surface area contributed by atoms with Crippen molar-refractivity contribution in [2.75, 3.05) is 0 Å². The Balaban J connectivity index is 0.977. The maximum atomic E-state index is 14.9. The molecule has 10 aliphatic rings. The van der Waals surface area contributed by atoms with Crippen LogP contribution in [0, 0.1) is 67.5 Å². The Bertz CT molecular complexity index is 2690. The van der Waals surface area contributed by atoms with E-state index < -0.39 is 50.8 Å². The first kappa shape index (κ1) is 45.5. The molecule has 360 valence electrons. The maximum absolute atomic E-state index is 14.9. The predicted molar refractivity (Wildman–Crippen MR) is 255 cm³/mol. The third kappa shape index (κ3) is 5.07. The van der Waals surface area contributed by atoms with Crippen molar-refractivity contribution in [2.45, 2.75) is 190 Å². The van der Waals surface area contributed by atoms with E-state index in [1.807, 2.05) is 39.0 Å². The van der Waals surface area contributed by atoms with E-state index >= 15 is 0 Å². The molecule has 6 saturated carbocycles. The van der Waals surface area contributed by atoms with Gasteiger partial charge in [0.15, 0.2) is 17.3 Å². The molecule has 0 radical (unpaired) electrons. The predicted octanol–water partition coefficient (Wildman–Crippen LogP) is 12.0. The molecule has 9 nitrogen and oxygen atoms in total. The Labute approximate surface area is 397 Å². The van der Waals surface area contributed by atoms with E-state index in [4.69, 9.17) is 9.47 Å². The molecular formula is C58H74O9. The first-order chi connectivity index (χ1) is 30.9. The minimum absolute atomic E-state index is 0.0229. The molecule has 0 saturated heterocycles. The lowest BCUT2D eigenvalue weighted by Crippen LogP contribution is -2.70. The minimum atomic E-state index is -2.39. The molecule has 11 rings (SSSR count). The van der Waals surface area contributed by atoms with Crippen LogP contribution in [0.3, 0.4) is 0 Å². The van der Waals surface area contributed by atoms with Crippen molar-refractivity contribution in [1.82, 2.24) is 0 Å².